The average Bonchev–Trinajstić information content (AvgIpc) is 3.38. The van der Waals surface area contributed by atoms with E-state index in [-0.39, 0.29) is 5.91 Å². The van der Waals surface area contributed by atoms with Crippen LogP contribution in [0.2, 0.25) is 0 Å². The van der Waals surface area contributed by atoms with E-state index in [1.165, 1.54) is 0 Å². The second kappa shape index (κ2) is 8.24. The molecule has 4 rings (SSSR count). The summed E-state index contributed by atoms with van der Waals surface area (Å²) in [6.07, 6.45) is 11.2. The lowest BCUT2D eigenvalue weighted by molar-refractivity contribution is 0.0681. The lowest BCUT2D eigenvalue weighted by Gasteiger charge is -2.32. The molecule has 3 aromatic rings. The number of rotatable bonds is 6. The molecule has 0 unspecified atom stereocenters. The second-order valence-electron chi connectivity index (χ2n) is 7.27. The van der Waals surface area contributed by atoms with Crippen LogP contribution in [0, 0.1) is 5.92 Å². The molecule has 4 heterocycles. The van der Waals surface area contributed by atoms with Gasteiger partial charge in [0.15, 0.2) is 0 Å². The number of carbonyl (C=O) groups excluding carboxylic acids is 1. The van der Waals surface area contributed by atoms with E-state index in [0.29, 0.717) is 18.0 Å². The first kappa shape index (κ1) is 18.2. The Bertz CT molecular complexity index is 893. The molecule has 1 fully saturated rings. The van der Waals surface area contributed by atoms with Gasteiger partial charge in [-0.15, -0.1) is 0 Å². The molecule has 0 aromatic carbocycles. The molecular formula is C20H25N7O. The van der Waals surface area contributed by atoms with E-state index in [9.17, 15) is 4.79 Å². The zero-order chi connectivity index (χ0) is 19.3. The van der Waals surface area contributed by atoms with E-state index in [0.717, 1.165) is 43.9 Å². The molecule has 0 aliphatic carbocycles. The van der Waals surface area contributed by atoms with Crippen molar-refractivity contribution >= 4 is 11.7 Å². The van der Waals surface area contributed by atoms with Crippen molar-refractivity contribution < 1.29 is 4.79 Å². The molecule has 1 aliphatic heterocycles. The Balaban J connectivity index is 1.27. The zero-order valence-electron chi connectivity index (χ0n) is 16.0. The largest absolute Gasteiger partial charge is 0.366 e. The van der Waals surface area contributed by atoms with Crippen LogP contribution in [0.25, 0.3) is 0 Å². The number of aromatic nitrogens is 5. The van der Waals surface area contributed by atoms with Gasteiger partial charge in [0.25, 0.3) is 5.91 Å². The maximum Gasteiger partial charge on any atom is 0.255 e. The number of aryl methyl sites for hydroxylation is 1. The fraction of sp³-hybridized carbons (Fsp3) is 0.400. The Morgan fingerprint density at radius 2 is 2.07 bits per heavy atom. The summed E-state index contributed by atoms with van der Waals surface area (Å²) >= 11 is 0. The number of carbonyl (C=O) groups is 1. The monoisotopic (exact) mass is 379 g/mol. The number of hydrogen-bond acceptors (Lipinski definition) is 5. The second-order valence-corrected chi connectivity index (χ2v) is 7.27. The summed E-state index contributed by atoms with van der Waals surface area (Å²) in [5, 5.41) is 11.7. The molecule has 0 bridgehead atoms. The lowest BCUT2D eigenvalue weighted by atomic mass is 9.96. The Labute approximate surface area is 164 Å². The van der Waals surface area contributed by atoms with Crippen LogP contribution in [0.15, 0.2) is 49.2 Å². The van der Waals surface area contributed by atoms with Crippen molar-refractivity contribution in [2.24, 2.45) is 13.0 Å². The van der Waals surface area contributed by atoms with Gasteiger partial charge in [0.2, 0.25) is 0 Å². The van der Waals surface area contributed by atoms with Crippen LogP contribution >= 0.6 is 0 Å². The van der Waals surface area contributed by atoms with E-state index >= 15 is 0 Å². The van der Waals surface area contributed by atoms with Crippen LogP contribution in [0.4, 0.5) is 5.82 Å². The van der Waals surface area contributed by atoms with Crippen molar-refractivity contribution in [2.45, 2.75) is 25.9 Å². The van der Waals surface area contributed by atoms with Crippen molar-refractivity contribution in [2.75, 3.05) is 18.4 Å². The standard InChI is InChI=1S/C20H25N7O/c1-25-14-17(12-24-25)11-21-19-4-3-18(13-22-19)20(28)26-9-5-16(6-10-26)15-27-8-2-7-23-27/h2-4,7-8,12-14,16H,5-6,9-11,15H2,1H3,(H,21,22). The molecule has 0 saturated carbocycles. The highest BCUT2D eigenvalue weighted by Gasteiger charge is 2.24. The van der Waals surface area contributed by atoms with Gasteiger partial charge >= 0.3 is 0 Å². The minimum absolute atomic E-state index is 0.0591. The van der Waals surface area contributed by atoms with E-state index in [1.54, 1.807) is 17.1 Å². The molecular weight excluding hydrogens is 354 g/mol. The Kier molecular flexibility index (Phi) is 5.36. The van der Waals surface area contributed by atoms with Gasteiger partial charge in [-0.1, -0.05) is 0 Å². The topological polar surface area (TPSA) is 80.9 Å². The van der Waals surface area contributed by atoms with E-state index in [1.807, 2.05) is 53.4 Å². The highest BCUT2D eigenvalue weighted by atomic mass is 16.2. The van der Waals surface area contributed by atoms with Gasteiger partial charge in [0.1, 0.15) is 5.82 Å². The highest BCUT2D eigenvalue weighted by Crippen LogP contribution is 2.20. The summed E-state index contributed by atoms with van der Waals surface area (Å²) < 4.78 is 3.74. The number of nitrogens with one attached hydrogen (secondary N) is 1. The third-order valence-corrected chi connectivity index (χ3v) is 5.15. The summed E-state index contributed by atoms with van der Waals surface area (Å²) in [7, 11) is 1.89. The van der Waals surface area contributed by atoms with Gasteiger partial charge in [0, 0.05) is 63.6 Å². The molecule has 0 radical (unpaired) electrons. The Morgan fingerprint density at radius 3 is 2.71 bits per heavy atom. The normalized spacial score (nSPS) is 15.0. The zero-order valence-corrected chi connectivity index (χ0v) is 16.0. The number of likely N-dealkylation sites (tertiary alicyclic amines) is 1. The van der Waals surface area contributed by atoms with Crippen LogP contribution in [0.3, 0.4) is 0 Å². The van der Waals surface area contributed by atoms with Crippen LogP contribution in [0.1, 0.15) is 28.8 Å². The molecule has 1 N–H and O–H groups in total. The predicted molar refractivity (Wildman–Crippen MR) is 106 cm³/mol. The first-order valence-electron chi connectivity index (χ1n) is 9.61. The molecule has 8 nitrogen and oxygen atoms in total. The predicted octanol–water partition coefficient (Wildman–Crippen LogP) is 2.18. The van der Waals surface area contributed by atoms with Gasteiger partial charge < -0.3 is 10.2 Å². The van der Waals surface area contributed by atoms with Crippen LogP contribution in [-0.4, -0.2) is 48.4 Å². The highest BCUT2D eigenvalue weighted by molar-refractivity contribution is 5.94. The molecule has 146 valence electrons. The van der Waals surface area contributed by atoms with Crippen LogP contribution in [-0.2, 0) is 20.1 Å². The van der Waals surface area contributed by atoms with Crippen molar-refractivity contribution in [3.8, 4) is 0 Å². The van der Waals surface area contributed by atoms with Gasteiger partial charge in [0.05, 0.1) is 11.8 Å². The summed E-state index contributed by atoms with van der Waals surface area (Å²) in [6, 6.07) is 5.64. The van der Waals surface area contributed by atoms with Gasteiger partial charge in [-0.3, -0.25) is 14.2 Å². The molecule has 3 aromatic heterocycles. The lowest BCUT2D eigenvalue weighted by Crippen LogP contribution is -2.39. The van der Waals surface area contributed by atoms with Crippen molar-refractivity contribution in [3.05, 3.63) is 60.3 Å². The fourth-order valence-electron chi connectivity index (χ4n) is 3.55. The first-order valence-corrected chi connectivity index (χ1v) is 9.61. The van der Waals surface area contributed by atoms with Crippen molar-refractivity contribution in [1.82, 2.24) is 29.4 Å². The number of hydrogen-bond donors (Lipinski definition) is 1. The van der Waals surface area contributed by atoms with Crippen LogP contribution < -0.4 is 5.32 Å². The number of pyridine rings is 1. The molecule has 1 aliphatic rings. The third kappa shape index (κ3) is 4.39. The van der Waals surface area contributed by atoms with Crippen molar-refractivity contribution in [3.63, 3.8) is 0 Å². The van der Waals surface area contributed by atoms with E-state index < -0.39 is 0 Å². The summed E-state index contributed by atoms with van der Waals surface area (Å²) in [5.74, 6) is 1.38. The molecule has 0 spiro atoms. The summed E-state index contributed by atoms with van der Waals surface area (Å²) in [6.45, 7) is 3.14. The summed E-state index contributed by atoms with van der Waals surface area (Å²) in [5.41, 5.74) is 1.72. The van der Waals surface area contributed by atoms with E-state index in [4.69, 9.17) is 0 Å². The van der Waals surface area contributed by atoms with Crippen molar-refractivity contribution in [1.29, 1.82) is 0 Å². The maximum absolute atomic E-state index is 12.8. The maximum atomic E-state index is 12.8. The number of nitrogens with zero attached hydrogens (tertiary/aromatic N) is 6. The van der Waals surface area contributed by atoms with Gasteiger partial charge in [-0.2, -0.15) is 10.2 Å². The SMILES string of the molecule is Cn1cc(CNc2ccc(C(=O)N3CCC(Cn4cccn4)CC3)cn2)cn1. The fourth-order valence-corrected chi connectivity index (χ4v) is 3.55. The quantitative estimate of drug-likeness (QED) is 0.710. The minimum atomic E-state index is 0.0591. The average molecular weight is 379 g/mol. The minimum Gasteiger partial charge on any atom is -0.366 e. The number of amides is 1. The van der Waals surface area contributed by atoms with Crippen LogP contribution in [0.5, 0.6) is 0 Å². The van der Waals surface area contributed by atoms with Gasteiger partial charge in [-0.05, 0) is 37.0 Å². The number of anilines is 1. The molecule has 8 heteroatoms. The molecule has 28 heavy (non-hydrogen) atoms. The molecule has 1 saturated heterocycles. The van der Waals surface area contributed by atoms with E-state index in [2.05, 4.69) is 20.5 Å². The number of piperidine rings is 1. The Morgan fingerprint density at radius 1 is 1.21 bits per heavy atom. The first-order chi connectivity index (χ1) is 13.7. The third-order valence-electron chi connectivity index (χ3n) is 5.15. The smallest absolute Gasteiger partial charge is 0.255 e. The Hall–Kier alpha value is -3.16. The molecule has 1 amide bonds. The summed E-state index contributed by atoms with van der Waals surface area (Å²) in [4.78, 5) is 19.1. The van der Waals surface area contributed by atoms with Gasteiger partial charge in [-0.25, -0.2) is 4.98 Å². The molecule has 0 atom stereocenters.